The van der Waals surface area contributed by atoms with Crippen LogP contribution < -0.4 is 20.7 Å². The Kier molecular flexibility index (Phi) is 6.83. The Bertz CT molecular complexity index is 1800. The van der Waals surface area contributed by atoms with Crippen molar-refractivity contribution in [2.45, 2.75) is 43.4 Å². The molecule has 3 N–H and O–H groups in total. The first-order valence-electron chi connectivity index (χ1n) is 14.3. The van der Waals surface area contributed by atoms with E-state index in [1.165, 1.54) is 12.1 Å². The second-order valence-corrected chi connectivity index (χ2v) is 12.7. The van der Waals surface area contributed by atoms with E-state index in [-0.39, 0.29) is 55.8 Å². The molecule has 0 amide bonds. The summed E-state index contributed by atoms with van der Waals surface area (Å²) in [4.78, 5) is 13.0. The number of anilines is 2. The van der Waals surface area contributed by atoms with Gasteiger partial charge in [0.25, 0.3) is 0 Å². The highest BCUT2D eigenvalue weighted by Crippen LogP contribution is 2.45. The van der Waals surface area contributed by atoms with E-state index in [0.717, 1.165) is 49.8 Å². The summed E-state index contributed by atoms with van der Waals surface area (Å²) in [6, 6.07) is 5.39. The van der Waals surface area contributed by atoms with Gasteiger partial charge in [0.05, 0.1) is 21.4 Å². The van der Waals surface area contributed by atoms with Crippen molar-refractivity contribution in [2.75, 3.05) is 50.5 Å². The van der Waals surface area contributed by atoms with Crippen molar-refractivity contribution >= 4 is 43.1 Å². The Morgan fingerprint density at radius 1 is 1.28 bits per heavy atom. The molecule has 43 heavy (non-hydrogen) atoms. The molecule has 0 spiro atoms. The largest absolute Gasteiger partial charge is 0.461 e. The van der Waals surface area contributed by atoms with Gasteiger partial charge >= 0.3 is 6.01 Å². The summed E-state index contributed by atoms with van der Waals surface area (Å²) in [5, 5.41) is 13.3. The Morgan fingerprint density at radius 3 is 2.88 bits per heavy atom. The minimum atomic E-state index is -0.992. The molecule has 0 aliphatic carbocycles. The summed E-state index contributed by atoms with van der Waals surface area (Å²) in [5.74, 6) is -2.25. The highest BCUT2D eigenvalue weighted by atomic mass is 32.1. The van der Waals surface area contributed by atoms with Gasteiger partial charge in [0.1, 0.15) is 46.8 Å². The first-order valence-corrected chi connectivity index (χ1v) is 15.1. The number of alkyl halides is 1. The SMILES string of the molecule is CN(c1nc(OC[C@@]23CCCN2C[C@H](F)C3)nc2c(F)c(-c3ccc(F)c4sc(N)c(C#N)c34)c(F)cc12)[C@@H]1CCNC1. The minimum Gasteiger partial charge on any atom is -0.461 e. The normalized spacial score (nSPS) is 23.7. The average Bonchev–Trinajstić information content (AvgIpc) is 3.76. The molecule has 3 aliphatic rings. The van der Waals surface area contributed by atoms with Crippen LogP contribution in [0.5, 0.6) is 6.01 Å². The van der Waals surface area contributed by atoms with E-state index in [2.05, 4.69) is 20.2 Å². The minimum absolute atomic E-state index is 0.00536. The fourth-order valence-electron chi connectivity index (χ4n) is 7.04. The van der Waals surface area contributed by atoms with E-state index < -0.39 is 34.7 Å². The number of hydrogen-bond acceptors (Lipinski definition) is 9. The number of nitrogen functional groups attached to an aromatic ring is 1. The first kappa shape index (κ1) is 28.1. The van der Waals surface area contributed by atoms with Crippen LogP contribution in [0.3, 0.4) is 0 Å². The predicted octanol–water partition coefficient (Wildman–Crippen LogP) is 5.14. The molecule has 2 aromatic heterocycles. The van der Waals surface area contributed by atoms with Crippen molar-refractivity contribution in [3.63, 3.8) is 0 Å². The Balaban J connectivity index is 1.39. The predicted molar refractivity (Wildman–Crippen MR) is 158 cm³/mol. The number of thiophene rings is 1. The monoisotopic (exact) mass is 611 g/mol. The quantitative estimate of drug-likeness (QED) is 0.289. The van der Waals surface area contributed by atoms with E-state index in [4.69, 9.17) is 10.5 Å². The molecule has 13 heteroatoms. The number of ether oxygens (including phenoxy) is 1. The zero-order valence-corrected chi connectivity index (χ0v) is 24.2. The van der Waals surface area contributed by atoms with Crippen molar-refractivity contribution in [1.29, 1.82) is 5.26 Å². The van der Waals surface area contributed by atoms with E-state index in [0.29, 0.717) is 25.3 Å². The molecule has 0 unspecified atom stereocenters. The highest BCUT2D eigenvalue weighted by molar-refractivity contribution is 7.23. The lowest BCUT2D eigenvalue weighted by Crippen LogP contribution is -2.43. The molecule has 0 radical (unpaired) electrons. The molecule has 2 aromatic carbocycles. The third-order valence-corrected chi connectivity index (χ3v) is 10.2. The average molecular weight is 612 g/mol. The maximum absolute atomic E-state index is 16.6. The molecule has 3 saturated heterocycles. The van der Waals surface area contributed by atoms with Gasteiger partial charge in [-0.25, -0.2) is 17.6 Å². The number of benzene rings is 2. The van der Waals surface area contributed by atoms with Crippen LogP contribution in [0.2, 0.25) is 0 Å². The zero-order chi connectivity index (χ0) is 30.0. The highest BCUT2D eigenvalue weighted by Gasteiger charge is 2.49. The first-order chi connectivity index (χ1) is 20.7. The number of nitrogens with zero attached hydrogens (tertiary/aromatic N) is 5. The summed E-state index contributed by atoms with van der Waals surface area (Å²) in [5.41, 5.74) is 4.82. The molecular formula is C30H29F4N7OS. The third kappa shape index (κ3) is 4.46. The van der Waals surface area contributed by atoms with E-state index >= 15 is 8.78 Å². The second-order valence-electron chi connectivity index (χ2n) is 11.6. The molecule has 0 bridgehead atoms. The van der Waals surface area contributed by atoms with Gasteiger partial charge < -0.3 is 20.7 Å². The molecule has 3 aliphatic heterocycles. The Hall–Kier alpha value is -3.73. The van der Waals surface area contributed by atoms with Gasteiger partial charge in [0.2, 0.25) is 0 Å². The molecule has 5 heterocycles. The van der Waals surface area contributed by atoms with Crippen molar-refractivity contribution in [2.24, 2.45) is 0 Å². The van der Waals surface area contributed by atoms with Crippen LogP contribution in [-0.4, -0.2) is 72.5 Å². The van der Waals surface area contributed by atoms with Crippen LogP contribution in [0, 0.1) is 28.8 Å². The van der Waals surface area contributed by atoms with Crippen LogP contribution in [0.1, 0.15) is 31.2 Å². The number of nitriles is 1. The van der Waals surface area contributed by atoms with E-state index in [1.54, 1.807) is 0 Å². The summed E-state index contributed by atoms with van der Waals surface area (Å²) >= 11 is 0.849. The van der Waals surface area contributed by atoms with Gasteiger partial charge in [0.15, 0.2) is 5.82 Å². The van der Waals surface area contributed by atoms with Crippen LogP contribution in [-0.2, 0) is 0 Å². The van der Waals surface area contributed by atoms with Crippen molar-refractivity contribution in [3.8, 4) is 23.2 Å². The number of nitrogens with one attached hydrogen (secondary N) is 1. The lowest BCUT2D eigenvalue weighted by atomic mass is 9.95. The molecular weight excluding hydrogens is 582 g/mol. The van der Waals surface area contributed by atoms with Crippen LogP contribution in [0.25, 0.3) is 32.1 Å². The third-order valence-electron chi connectivity index (χ3n) is 9.19. The zero-order valence-electron chi connectivity index (χ0n) is 23.4. The lowest BCUT2D eigenvalue weighted by molar-refractivity contribution is 0.107. The molecule has 3 atom stereocenters. The number of rotatable bonds is 6. The van der Waals surface area contributed by atoms with Gasteiger partial charge in [0, 0.05) is 43.4 Å². The van der Waals surface area contributed by atoms with Crippen LogP contribution in [0.4, 0.5) is 28.4 Å². The Morgan fingerprint density at radius 2 is 2.12 bits per heavy atom. The standard InChI is InChI=1S/C30H29F4N7OS/c1-40(16-5-7-37-12-16)28-18-9-21(33)23(17-3-4-20(32)26-22(17)19(11-35)27(36)43-26)24(34)25(18)38-29(39-28)42-14-30-6-2-8-41(30)13-15(31)10-30/h3-4,9,15-16,37H,2,5-8,10,12-14,36H2,1H3/t15-,16-,30+/m1/s1. The van der Waals surface area contributed by atoms with Gasteiger partial charge in [-0.1, -0.05) is 6.07 Å². The number of hydrogen-bond donors (Lipinski definition) is 2. The van der Waals surface area contributed by atoms with Crippen LogP contribution >= 0.6 is 11.3 Å². The number of nitrogens with two attached hydrogens (primary N) is 1. The van der Waals surface area contributed by atoms with E-state index in [1.807, 2.05) is 18.0 Å². The number of fused-ring (bicyclic) bond motifs is 3. The van der Waals surface area contributed by atoms with Gasteiger partial charge in [-0.15, -0.1) is 11.3 Å². The summed E-state index contributed by atoms with van der Waals surface area (Å²) in [6.45, 7) is 2.74. The molecule has 4 aromatic rings. The summed E-state index contributed by atoms with van der Waals surface area (Å²) in [7, 11) is 1.81. The maximum atomic E-state index is 16.6. The Labute approximate surface area is 249 Å². The van der Waals surface area contributed by atoms with Gasteiger partial charge in [-0.05, 0) is 50.0 Å². The van der Waals surface area contributed by atoms with Crippen molar-refractivity contribution in [1.82, 2.24) is 20.2 Å². The molecule has 7 rings (SSSR count). The maximum Gasteiger partial charge on any atom is 0.319 e. The van der Waals surface area contributed by atoms with Gasteiger partial charge in [-0.2, -0.15) is 15.2 Å². The molecule has 3 fully saturated rings. The summed E-state index contributed by atoms with van der Waals surface area (Å²) in [6.07, 6.45) is 1.91. The molecule has 8 nitrogen and oxygen atoms in total. The number of likely N-dealkylation sites (N-methyl/N-ethyl adjacent to an activating group) is 1. The fraction of sp³-hybridized carbons (Fsp3) is 0.433. The molecule has 0 saturated carbocycles. The van der Waals surface area contributed by atoms with E-state index in [9.17, 15) is 14.0 Å². The summed E-state index contributed by atoms with van der Waals surface area (Å²) < 4.78 is 67.9. The lowest BCUT2D eigenvalue weighted by Gasteiger charge is -2.31. The van der Waals surface area contributed by atoms with Crippen molar-refractivity contribution in [3.05, 3.63) is 41.2 Å². The smallest absolute Gasteiger partial charge is 0.319 e. The number of halogens is 4. The molecule has 224 valence electrons. The number of aromatic nitrogens is 2. The van der Waals surface area contributed by atoms with Gasteiger partial charge in [-0.3, -0.25) is 4.90 Å². The fourth-order valence-corrected chi connectivity index (χ4v) is 7.99. The second kappa shape index (κ2) is 10.5. The van der Waals surface area contributed by atoms with Crippen molar-refractivity contribution < 1.29 is 22.3 Å². The van der Waals surface area contributed by atoms with Crippen LogP contribution in [0.15, 0.2) is 18.2 Å². The topological polar surface area (TPSA) is 103 Å².